The molecule has 5 nitrogen and oxygen atoms in total. The lowest BCUT2D eigenvalue weighted by Crippen LogP contribution is -2.48. The van der Waals surface area contributed by atoms with Crippen LogP contribution in [0.4, 0.5) is 0 Å². The molecule has 2 fully saturated rings. The van der Waals surface area contributed by atoms with Crippen molar-refractivity contribution in [3.8, 4) is 0 Å². The highest BCUT2D eigenvalue weighted by Gasteiger charge is 2.34. The van der Waals surface area contributed by atoms with E-state index >= 15 is 0 Å². The van der Waals surface area contributed by atoms with Crippen LogP contribution in [0.1, 0.15) is 50.6 Å². The van der Waals surface area contributed by atoms with Gasteiger partial charge < -0.3 is 16.0 Å². The van der Waals surface area contributed by atoms with Gasteiger partial charge in [-0.3, -0.25) is 9.59 Å². The van der Waals surface area contributed by atoms with Crippen LogP contribution in [0.3, 0.4) is 0 Å². The van der Waals surface area contributed by atoms with Crippen molar-refractivity contribution in [2.24, 2.45) is 0 Å². The first-order valence-electron chi connectivity index (χ1n) is 8.57. The maximum atomic E-state index is 12.5. The highest BCUT2D eigenvalue weighted by molar-refractivity contribution is 6.30. The highest BCUT2D eigenvalue weighted by atomic mass is 35.5. The van der Waals surface area contributed by atoms with Gasteiger partial charge >= 0.3 is 0 Å². The van der Waals surface area contributed by atoms with Gasteiger partial charge in [-0.25, -0.2) is 0 Å². The van der Waals surface area contributed by atoms with E-state index in [9.17, 15) is 9.59 Å². The molecular weight excluding hydrogens is 361 g/mol. The first-order valence-corrected chi connectivity index (χ1v) is 8.95. The second-order valence-corrected chi connectivity index (χ2v) is 7.32. The second-order valence-electron chi connectivity index (χ2n) is 6.88. The fourth-order valence-corrected chi connectivity index (χ4v) is 3.97. The topological polar surface area (TPSA) is 70.2 Å². The van der Waals surface area contributed by atoms with Gasteiger partial charge in [-0.2, -0.15) is 0 Å². The zero-order valence-corrected chi connectivity index (χ0v) is 15.8. The van der Waals surface area contributed by atoms with Crippen LogP contribution in [0, 0.1) is 0 Å². The number of hydrogen-bond acceptors (Lipinski definition) is 3. The van der Waals surface area contributed by atoms with Crippen LogP contribution in [0.15, 0.2) is 24.3 Å². The molecule has 7 heteroatoms. The van der Waals surface area contributed by atoms with Crippen LogP contribution < -0.4 is 16.0 Å². The van der Waals surface area contributed by atoms with Gasteiger partial charge in [0.1, 0.15) is 0 Å². The molecule has 2 saturated heterocycles. The summed E-state index contributed by atoms with van der Waals surface area (Å²) in [5.74, 6) is -0.169. The van der Waals surface area contributed by atoms with Gasteiger partial charge in [0.15, 0.2) is 0 Å². The summed E-state index contributed by atoms with van der Waals surface area (Å²) < 4.78 is 0. The van der Waals surface area contributed by atoms with Gasteiger partial charge in [-0.05, 0) is 43.4 Å². The predicted molar refractivity (Wildman–Crippen MR) is 101 cm³/mol. The van der Waals surface area contributed by atoms with E-state index in [4.69, 9.17) is 11.6 Å². The van der Waals surface area contributed by atoms with Crippen LogP contribution in [0.5, 0.6) is 0 Å². The predicted octanol–water partition coefficient (Wildman–Crippen LogP) is 2.73. The van der Waals surface area contributed by atoms with Crippen molar-refractivity contribution in [1.29, 1.82) is 0 Å². The molecule has 2 bridgehead atoms. The summed E-state index contributed by atoms with van der Waals surface area (Å²) >= 11 is 5.92. The number of carbonyl (C=O) groups is 2. The lowest BCUT2D eigenvalue weighted by molar-refractivity contribution is -0.123. The number of benzene rings is 1. The van der Waals surface area contributed by atoms with E-state index in [2.05, 4.69) is 16.0 Å². The standard InChI is InChI=1S/C18H24ClN3O2.ClH/c1-11(23)20-17(12-2-4-13(19)5-3-12)10-18(24)22-16-8-14-6-7-15(9-16)21-14;/h2-5,14-17,21H,6-10H2,1H3,(H,20,23)(H,22,24);1H. The summed E-state index contributed by atoms with van der Waals surface area (Å²) in [5.41, 5.74) is 0.884. The van der Waals surface area contributed by atoms with Gasteiger partial charge in [-0.15, -0.1) is 12.4 Å². The van der Waals surface area contributed by atoms with E-state index in [-0.39, 0.29) is 42.7 Å². The Morgan fingerprint density at radius 3 is 2.36 bits per heavy atom. The molecule has 3 N–H and O–H groups in total. The average molecular weight is 386 g/mol. The summed E-state index contributed by atoms with van der Waals surface area (Å²) in [6.07, 6.45) is 4.63. The van der Waals surface area contributed by atoms with Crippen LogP contribution in [-0.4, -0.2) is 29.9 Å². The number of fused-ring (bicyclic) bond motifs is 2. The molecule has 0 aromatic heterocycles. The molecule has 138 valence electrons. The first kappa shape index (κ1) is 20.0. The van der Waals surface area contributed by atoms with E-state index in [1.807, 2.05) is 12.1 Å². The Kier molecular flexibility index (Phi) is 7.11. The molecule has 3 atom stereocenters. The highest BCUT2D eigenvalue weighted by Crippen LogP contribution is 2.27. The minimum Gasteiger partial charge on any atom is -0.353 e. The molecule has 3 rings (SSSR count). The van der Waals surface area contributed by atoms with Crippen LogP contribution >= 0.6 is 24.0 Å². The molecule has 0 aliphatic carbocycles. The third kappa shape index (κ3) is 5.59. The molecule has 0 spiro atoms. The summed E-state index contributed by atoms with van der Waals surface area (Å²) in [4.78, 5) is 24.0. The number of rotatable bonds is 5. The smallest absolute Gasteiger partial charge is 0.222 e. The molecule has 2 amide bonds. The van der Waals surface area contributed by atoms with Gasteiger partial charge in [-0.1, -0.05) is 23.7 Å². The van der Waals surface area contributed by atoms with Crippen molar-refractivity contribution < 1.29 is 9.59 Å². The van der Waals surface area contributed by atoms with E-state index in [1.165, 1.54) is 19.8 Å². The van der Waals surface area contributed by atoms with E-state index in [0.29, 0.717) is 17.1 Å². The van der Waals surface area contributed by atoms with Gasteiger partial charge in [0.25, 0.3) is 0 Å². The third-order valence-electron chi connectivity index (χ3n) is 4.88. The zero-order chi connectivity index (χ0) is 17.1. The number of amides is 2. The van der Waals surface area contributed by atoms with Gasteiger partial charge in [0, 0.05) is 30.1 Å². The SMILES string of the molecule is CC(=O)NC(CC(=O)NC1CC2CCC(C1)N2)c1ccc(Cl)cc1.Cl. The Balaban J connectivity index is 0.00000225. The lowest BCUT2D eigenvalue weighted by atomic mass is 9.98. The zero-order valence-electron chi connectivity index (χ0n) is 14.3. The minimum absolute atomic E-state index is 0. The molecule has 0 saturated carbocycles. The van der Waals surface area contributed by atoms with Crippen molar-refractivity contribution in [2.75, 3.05) is 0 Å². The summed E-state index contributed by atoms with van der Waals surface area (Å²) in [6, 6.07) is 8.22. The number of piperidine rings is 1. The van der Waals surface area contributed by atoms with Crippen molar-refractivity contribution in [3.05, 3.63) is 34.9 Å². The molecule has 2 aliphatic heterocycles. The maximum Gasteiger partial charge on any atom is 0.222 e. The van der Waals surface area contributed by atoms with Gasteiger partial charge in [0.2, 0.25) is 11.8 Å². The van der Waals surface area contributed by atoms with E-state index in [0.717, 1.165) is 18.4 Å². The Morgan fingerprint density at radius 1 is 1.20 bits per heavy atom. The van der Waals surface area contributed by atoms with Crippen molar-refractivity contribution >= 4 is 35.8 Å². The maximum absolute atomic E-state index is 12.5. The Labute approximate surface area is 159 Å². The van der Waals surface area contributed by atoms with Crippen molar-refractivity contribution in [3.63, 3.8) is 0 Å². The Hall–Kier alpha value is -1.30. The summed E-state index contributed by atoms with van der Waals surface area (Å²) in [6.45, 7) is 1.46. The number of hydrogen-bond donors (Lipinski definition) is 3. The van der Waals surface area contributed by atoms with E-state index < -0.39 is 0 Å². The van der Waals surface area contributed by atoms with Crippen LogP contribution in [0.2, 0.25) is 5.02 Å². The Bertz CT molecular complexity index is 597. The lowest BCUT2D eigenvalue weighted by Gasteiger charge is -2.30. The Morgan fingerprint density at radius 2 is 1.80 bits per heavy atom. The molecule has 25 heavy (non-hydrogen) atoms. The molecular formula is C18H25Cl2N3O2. The number of carbonyl (C=O) groups excluding carboxylic acids is 2. The fourth-order valence-electron chi connectivity index (χ4n) is 3.84. The normalized spacial score (nSPS) is 25.6. The quantitative estimate of drug-likeness (QED) is 0.729. The van der Waals surface area contributed by atoms with Crippen molar-refractivity contribution in [2.45, 2.75) is 63.2 Å². The monoisotopic (exact) mass is 385 g/mol. The molecule has 3 unspecified atom stereocenters. The van der Waals surface area contributed by atoms with Gasteiger partial charge in [0.05, 0.1) is 12.5 Å². The third-order valence-corrected chi connectivity index (χ3v) is 5.13. The first-order chi connectivity index (χ1) is 11.5. The fraction of sp³-hybridized carbons (Fsp3) is 0.556. The van der Waals surface area contributed by atoms with Crippen LogP contribution in [-0.2, 0) is 9.59 Å². The minimum atomic E-state index is -0.335. The summed E-state index contributed by atoms with van der Waals surface area (Å²) in [7, 11) is 0. The number of halogens is 2. The molecule has 2 aliphatic rings. The summed E-state index contributed by atoms with van der Waals surface area (Å²) in [5, 5.41) is 10.2. The van der Waals surface area contributed by atoms with Crippen molar-refractivity contribution in [1.82, 2.24) is 16.0 Å². The van der Waals surface area contributed by atoms with E-state index in [1.54, 1.807) is 12.1 Å². The average Bonchev–Trinajstić information content (AvgIpc) is 2.85. The second kappa shape index (κ2) is 8.88. The van der Waals surface area contributed by atoms with Crippen LogP contribution in [0.25, 0.3) is 0 Å². The molecule has 2 heterocycles. The largest absolute Gasteiger partial charge is 0.353 e. The molecule has 1 aromatic carbocycles. The molecule has 1 aromatic rings. The molecule has 0 radical (unpaired) electrons. The number of nitrogens with one attached hydrogen (secondary N) is 3.